The first-order valence-electron chi connectivity index (χ1n) is 10.6. The largest absolute Gasteiger partial charge is 0.508 e. The average molecular weight is 429 g/mol. The van der Waals surface area contributed by atoms with Gasteiger partial charge in [0.25, 0.3) is 11.8 Å². The minimum Gasteiger partial charge on any atom is -0.508 e. The number of rotatable bonds is 7. The van der Waals surface area contributed by atoms with Gasteiger partial charge in [0.15, 0.2) is 5.13 Å². The second-order valence-corrected chi connectivity index (χ2v) is 9.15. The van der Waals surface area contributed by atoms with Gasteiger partial charge in [0, 0.05) is 30.6 Å². The minimum absolute atomic E-state index is 0.1000. The molecule has 2 aliphatic heterocycles. The molecular weight excluding hydrogens is 400 g/mol. The topological polar surface area (TPSA) is 94.6 Å². The number of hydrogen-bond acceptors (Lipinski definition) is 6. The van der Waals surface area contributed by atoms with Crippen LogP contribution in [-0.2, 0) is 0 Å². The monoisotopic (exact) mass is 428 g/mol. The Labute approximate surface area is 180 Å². The van der Waals surface area contributed by atoms with Crippen LogP contribution in [0.25, 0.3) is 0 Å². The molecule has 0 unspecified atom stereocenters. The van der Waals surface area contributed by atoms with Gasteiger partial charge < -0.3 is 15.3 Å². The molecule has 3 aliphatic rings. The Morgan fingerprint density at radius 1 is 1.07 bits per heavy atom. The number of anilines is 1. The van der Waals surface area contributed by atoms with Crippen LogP contribution >= 0.6 is 11.3 Å². The van der Waals surface area contributed by atoms with Crippen molar-refractivity contribution in [1.29, 1.82) is 0 Å². The number of carbonyl (C=O) groups is 2. The molecular formula is C22H28N4O3S. The van der Waals surface area contributed by atoms with Crippen molar-refractivity contribution in [3.05, 3.63) is 40.9 Å². The van der Waals surface area contributed by atoms with E-state index in [9.17, 15) is 14.7 Å². The molecule has 0 atom stereocenters. The SMILES string of the molecule is O=C(Nc1nc(C(=O)NCCCN2CC3CCC(CC3)C2)cs1)c1ccc(O)cc1. The highest BCUT2D eigenvalue weighted by molar-refractivity contribution is 7.14. The molecule has 2 saturated heterocycles. The van der Waals surface area contributed by atoms with Gasteiger partial charge in [-0.05, 0) is 74.8 Å². The Morgan fingerprint density at radius 3 is 2.40 bits per heavy atom. The zero-order chi connectivity index (χ0) is 20.9. The van der Waals surface area contributed by atoms with Crippen LogP contribution in [0.1, 0.15) is 53.0 Å². The predicted octanol–water partition coefficient (Wildman–Crippen LogP) is 3.34. The van der Waals surface area contributed by atoms with Gasteiger partial charge in [0.2, 0.25) is 0 Å². The Kier molecular flexibility index (Phi) is 6.64. The highest BCUT2D eigenvalue weighted by atomic mass is 32.1. The Bertz CT molecular complexity index is 861. The van der Waals surface area contributed by atoms with Gasteiger partial charge in [-0.3, -0.25) is 14.9 Å². The summed E-state index contributed by atoms with van der Waals surface area (Å²) >= 11 is 1.21. The third kappa shape index (κ3) is 5.37. The number of benzene rings is 1. The summed E-state index contributed by atoms with van der Waals surface area (Å²) in [6.45, 7) is 4.07. The zero-order valence-electron chi connectivity index (χ0n) is 17.0. The van der Waals surface area contributed by atoms with Crippen molar-refractivity contribution >= 4 is 28.3 Å². The van der Waals surface area contributed by atoms with E-state index in [1.807, 2.05) is 0 Å². The van der Waals surface area contributed by atoms with Crippen LogP contribution in [0.15, 0.2) is 29.6 Å². The van der Waals surface area contributed by atoms with Crippen molar-refractivity contribution in [2.24, 2.45) is 11.8 Å². The summed E-state index contributed by atoms with van der Waals surface area (Å²) in [4.78, 5) is 31.3. The maximum atomic E-state index is 12.4. The van der Waals surface area contributed by atoms with Crippen LogP contribution in [0.3, 0.4) is 0 Å². The third-order valence-electron chi connectivity index (χ3n) is 6.02. The molecule has 3 heterocycles. The molecule has 1 saturated carbocycles. The van der Waals surface area contributed by atoms with Crippen molar-refractivity contribution in [1.82, 2.24) is 15.2 Å². The second kappa shape index (κ2) is 9.57. The number of aromatic nitrogens is 1. The highest BCUT2D eigenvalue weighted by Gasteiger charge is 2.28. The van der Waals surface area contributed by atoms with Gasteiger partial charge in [0.05, 0.1) is 0 Å². The first kappa shape index (κ1) is 20.8. The van der Waals surface area contributed by atoms with E-state index in [1.54, 1.807) is 5.38 Å². The van der Waals surface area contributed by atoms with Crippen molar-refractivity contribution in [2.45, 2.75) is 32.1 Å². The smallest absolute Gasteiger partial charge is 0.270 e. The number of hydrogen-bond donors (Lipinski definition) is 3. The van der Waals surface area contributed by atoms with Gasteiger partial charge in [-0.25, -0.2) is 4.98 Å². The number of nitrogens with zero attached hydrogens (tertiary/aromatic N) is 2. The molecule has 2 aromatic rings. The number of carbonyl (C=O) groups excluding carboxylic acids is 2. The van der Waals surface area contributed by atoms with E-state index in [4.69, 9.17) is 0 Å². The third-order valence-corrected chi connectivity index (χ3v) is 6.78. The van der Waals surface area contributed by atoms with E-state index in [-0.39, 0.29) is 17.6 Å². The van der Waals surface area contributed by atoms with Crippen molar-refractivity contribution in [3.63, 3.8) is 0 Å². The molecule has 160 valence electrons. The zero-order valence-corrected chi connectivity index (χ0v) is 17.8. The summed E-state index contributed by atoms with van der Waals surface area (Å²) in [5.74, 6) is 1.28. The molecule has 0 spiro atoms. The lowest BCUT2D eigenvalue weighted by atomic mass is 9.84. The summed E-state index contributed by atoms with van der Waals surface area (Å²) in [6.07, 6.45) is 6.46. The van der Waals surface area contributed by atoms with E-state index in [0.717, 1.165) is 24.8 Å². The fourth-order valence-electron chi connectivity index (χ4n) is 4.40. The quantitative estimate of drug-likeness (QED) is 0.588. The second-order valence-electron chi connectivity index (χ2n) is 8.29. The van der Waals surface area contributed by atoms with Gasteiger partial charge in [-0.15, -0.1) is 11.3 Å². The fourth-order valence-corrected chi connectivity index (χ4v) is 5.08. The number of aromatic hydroxyl groups is 1. The van der Waals surface area contributed by atoms with E-state index in [1.165, 1.54) is 74.4 Å². The number of thiazole rings is 1. The van der Waals surface area contributed by atoms with E-state index < -0.39 is 0 Å². The van der Waals surface area contributed by atoms with Crippen LogP contribution in [0.5, 0.6) is 5.75 Å². The molecule has 7 nitrogen and oxygen atoms in total. The summed E-state index contributed by atoms with van der Waals surface area (Å²) in [5, 5.41) is 16.9. The molecule has 2 bridgehead atoms. The lowest BCUT2D eigenvalue weighted by Crippen LogP contribution is -2.32. The fraction of sp³-hybridized carbons (Fsp3) is 0.500. The molecule has 30 heavy (non-hydrogen) atoms. The van der Waals surface area contributed by atoms with Crippen LogP contribution in [0.2, 0.25) is 0 Å². The lowest BCUT2D eigenvalue weighted by molar-refractivity contribution is 0.0945. The van der Waals surface area contributed by atoms with Crippen LogP contribution in [0.4, 0.5) is 5.13 Å². The minimum atomic E-state index is -0.331. The van der Waals surface area contributed by atoms with Gasteiger partial charge >= 0.3 is 0 Å². The summed E-state index contributed by atoms with van der Waals surface area (Å²) in [7, 11) is 0. The molecule has 8 heteroatoms. The first-order chi connectivity index (χ1) is 14.6. The van der Waals surface area contributed by atoms with Crippen LogP contribution < -0.4 is 10.6 Å². The molecule has 0 radical (unpaired) electrons. The molecule has 3 N–H and O–H groups in total. The molecule has 1 aliphatic carbocycles. The van der Waals surface area contributed by atoms with Gasteiger partial charge in [-0.1, -0.05) is 0 Å². The number of nitrogens with one attached hydrogen (secondary N) is 2. The first-order valence-corrected chi connectivity index (χ1v) is 11.5. The maximum Gasteiger partial charge on any atom is 0.270 e. The van der Waals surface area contributed by atoms with Crippen molar-refractivity contribution in [2.75, 3.05) is 31.5 Å². The van der Waals surface area contributed by atoms with Gasteiger partial charge in [-0.2, -0.15) is 0 Å². The predicted molar refractivity (Wildman–Crippen MR) is 117 cm³/mol. The van der Waals surface area contributed by atoms with Gasteiger partial charge in [0.1, 0.15) is 11.4 Å². The Balaban J connectivity index is 1.20. The normalized spacial score (nSPS) is 21.2. The van der Waals surface area contributed by atoms with Crippen LogP contribution in [-0.4, -0.2) is 53.0 Å². The number of phenols is 1. The summed E-state index contributed by atoms with van der Waals surface area (Å²) in [6, 6.07) is 5.96. The average Bonchev–Trinajstić information content (AvgIpc) is 3.01. The number of amides is 2. The Hall–Kier alpha value is -2.45. The van der Waals surface area contributed by atoms with Crippen molar-refractivity contribution < 1.29 is 14.7 Å². The summed E-state index contributed by atoms with van der Waals surface area (Å²) in [5.41, 5.74) is 0.727. The molecule has 1 aromatic carbocycles. The summed E-state index contributed by atoms with van der Waals surface area (Å²) < 4.78 is 0. The number of fused-ring (bicyclic) bond motifs is 4. The van der Waals surface area contributed by atoms with E-state index in [2.05, 4.69) is 20.5 Å². The molecule has 2 amide bonds. The molecule has 3 fully saturated rings. The van der Waals surface area contributed by atoms with E-state index in [0.29, 0.717) is 22.9 Å². The highest BCUT2D eigenvalue weighted by Crippen LogP contribution is 2.33. The number of phenolic OH excluding ortho intramolecular Hbond substituents is 1. The standard InChI is InChI=1S/C22H28N4O3S/c27-18-8-6-17(7-9-18)20(28)25-22-24-19(14-30-22)21(29)23-10-1-11-26-12-15-2-3-16(13-26)5-4-15/h6-9,14-16,27H,1-5,10-13H2,(H,23,29)(H,24,25,28). The lowest BCUT2D eigenvalue weighted by Gasteiger charge is -2.22. The van der Waals surface area contributed by atoms with Crippen LogP contribution in [0, 0.1) is 11.8 Å². The van der Waals surface area contributed by atoms with Crippen molar-refractivity contribution in [3.8, 4) is 5.75 Å². The maximum absolute atomic E-state index is 12.4. The molecule has 5 rings (SSSR count). The molecule has 1 aromatic heterocycles. The van der Waals surface area contributed by atoms with E-state index >= 15 is 0 Å². The Morgan fingerprint density at radius 2 is 1.73 bits per heavy atom.